The smallest absolute Gasteiger partial charge is 0.0207 e. The topological polar surface area (TPSA) is 12.0 Å². The van der Waals surface area contributed by atoms with Crippen LogP contribution in [0.5, 0.6) is 0 Å². The van der Waals surface area contributed by atoms with Gasteiger partial charge in [0.2, 0.25) is 0 Å². The zero-order chi connectivity index (χ0) is 10.6. The molecule has 1 rings (SSSR count). The first-order valence-electron chi connectivity index (χ1n) is 5.09. The van der Waals surface area contributed by atoms with Crippen molar-refractivity contribution in [2.75, 3.05) is 0 Å². The monoisotopic (exact) mass is 189 g/mol. The summed E-state index contributed by atoms with van der Waals surface area (Å²) in [6, 6.07) is 7.03. The number of nitrogens with one attached hydrogen (secondary N) is 1. The average Bonchev–Trinajstić information content (AvgIpc) is 2.15. The van der Waals surface area contributed by atoms with Crippen molar-refractivity contribution in [3.05, 3.63) is 41.5 Å². The minimum atomic E-state index is 0.536. The molecule has 1 aromatic rings. The highest BCUT2D eigenvalue weighted by Crippen LogP contribution is 2.12. The molecule has 76 valence electrons. The lowest BCUT2D eigenvalue weighted by Crippen LogP contribution is -2.21. The van der Waals surface area contributed by atoms with Crippen LogP contribution < -0.4 is 5.32 Å². The van der Waals surface area contributed by atoms with Crippen molar-refractivity contribution in [1.29, 1.82) is 0 Å². The second-order valence-electron chi connectivity index (χ2n) is 3.93. The van der Waals surface area contributed by atoms with Crippen LogP contribution in [0.4, 0.5) is 0 Å². The van der Waals surface area contributed by atoms with Crippen LogP contribution >= 0.6 is 0 Å². The summed E-state index contributed by atoms with van der Waals surface area (Å²) in [5, 5.41) is 3.40. The number of rotatable bonds is 4. The van der Waals surface area contributed by atoms with Gasteiger partial charge < -0.3 is 5.32 Å². The van der Waals surface area contributed by atoms with Crippen LogP contribution in [0.2, 0.25) is 0 Å². The fraction of sp³-hybridized carbons (Fsp3) is 0.385. The summed E-state index contributed by atoms with van der Waals surface area (Å²) >= 11 is 0. The van der Waals surface area contributed by atoms with Gasteiger partial charge in [-0.05, 0) is 23.6 Å². The fourth-order valence-electron chi connectivity index (χ4n) is 1.40. The van der Waals surface area contributed by atoms with E-state index in [9.17, 15) is 0 Å². The van der Waals surface area contributed by atoms with Crippen molar-refractivity contribution >= 4 is 6.08 Å². The molecule has 1 N–H and O–H groups in total. The van der Waals surface area contributed by atoms with Gasteiger partial charge in [0, 0.05) is 12.6 Å². The molecular formula is C13H19N. The molecule has 1 nitrogen and oxygen atoms in total. The molecule has 0 saturated carbocycles. The maximum Gasteiger partial charge on any atom is 0.0207 e. The third-order valence-electron chi connectivity index (χ3n) is 2.27. The van der Waals surface area contributed by atoms with Crippen LogP contribution in [0.3, 0.4) is 0 Å². The molecular weight excluding hydrogens is 170 g/mol. The molecule has 0 amide bonds. The van der Waals surface area contributed by atoms with Gasteiger partial charge in [0.25, 0.3) is 0 Å². The Labute approximate surface area is 86.8 Å². The van der Waals surface area contributed by atoms with E-state index in [0.29, 0.717) is 6.04 Å². The number of benzene rings is 1. The summed E-state index contributed by atoms with van der Waals surface area (Å²) in [7, 11) is 0. The summed E-state index contributed by atoms with van der Waals surface area (Å²) < 4.78 is 0. The van der Waals surface area contributed by atoms with E-state index in [0.717, 1.165) is 6.54 Å². The predicted molar refractivity (Wildman–Crippen MR) is 63.2 cm³/mol. The Bertz CT molecular complexity index is 313. The third-order valence-corrected chi connectivity index (χ3v) is 2.27. The fourth-order valence-corrected chi connectivity index (χ4v) is 1.40. The van der Waals surface area contributed by atoms with Crippen molar-refractivity contribution in [3.63, 3.8) is 0 Å². The Balaban J connectivity index is 2.71. The molecule has 0 fully saturated rings. The van der Waals surface area contributed by atoms with Gasteiger partial charge in [0.15, 0.2) is 0 Å². The van der Waals surface area contributed by atoms with E-state index in [1.807, 2.05) is 6.08 Å². The maximum atomic E-state index is 3.78. The SMILES string of the molecule is C=Cc1ccc(CNC(C)C)cc1C. The van der Waals surface area contributed by atoms with Crippen molar-refractivity contribution in [3.8, 4) is 0 Å². The number of hydrogen-bond acceptors (Lipinski definition) is 1. The van der Waals surface area contributed by atoms with E-state index in [1.165, 1.54) is 16.7 Å². The standard InChI is InChI=1S/C13H19N/c1-5-13-7-6-12(8-11(13)4)9-14-10(2)3/h5-8,10,14H,1,9H2,2-4H3. The first kappa shape index (κ1) is 11.0. The molecule has 0 heterocycles. The van der Waals surface area contributed by atoms with Gasteiger partial charge >= 0.3 is 0 Å². The normalized spacial score (nSPS) is 10.6. The summed E-state index contributed by atoms with van der Waals surface area (Å²) in [6.07, 6.45) is 1.90. The van der Waals surface area contributed by atoms with E-state index < -0.39 is 0 Å². The zero-order valence-electron chi connectivity index (χ0n) is 9.30. The summed E-state index contributed by atoms with van der Waals surface area (Å²) in [4.78, 5) is 0. The van der Waals surface area contributed by atoms with Crippen molar-refractivity contribution in [1.82, 2.24) is 5.32 Å². The van der Waals surface area contributed by atoms with Crippen LogP contribution in [0.25, 0.3) is 6.08 Å². The Morgan fingerprint density at radius 2 is 2.14 bits per heavy atom. The van der Waals surface area contributed by atoms with E-state index in [1.54, 1.807) is 0 Å². The van der Waals surface area contributed by atoms with Crippen LogP contribution in [-0.4, -0.2) is 6.04 Å². The molecule has 1 heteroatoms. The molecule has 0 aliphatic carbocycles. The van der Waals surface area contributed by atoms with Gasteiger partial charge in [-0.25, -0.2) is 0 Å². The predicted octanol–water partition coefficient (Wildman–Crippen LogP) is 3.14. The van der Waals surface area contributed by atoms with Crippen molar-refractivity contribution < 1.29 is 0 Å². The number of aryl methyl sites for hydroxylation is 1. The largest absolute Gasteiger partial charge is 0.310 e. The second kappa shape index (κ2) is 4.97. The molecule has 0 aliphatic heterocycles. The first-order chi connectivity index (χ1) is 6.63. The molecule has 14 heavy (non-hydrogen) atoms. The highest BCUT2D eigenvalue weighted by Gasteiger charge is 1.98. The Morgan fingerprint density at radius 1 is 1.43 bits per heavy atom. The molecule has 0 atom stereocenters. The quantitative estimate of drug-likeness (QED) is 0.767. The minimum Gasteiger partial charge on any atom is -0.310 e. The van der Waals surface area contributed by atoms with Crippen molar-refractivity contribution in [2.24, 2.45) is 0 Å². The molecule has 0 radical (unpaired) electrons. The van der Waals surface area contributed by atoms with E-state index in [4.69, 9.17) is 0 Å². The lowest BCUT2D eigenvalue weighted by atomic mass is 10.1. The second-order valence-corrected chi connectivity index (χ2v) is 3.93. The van der Waals surface area contributed by atoms with Crippen LogP contribution in [0.1, 0.15) is 30.5 Å². The average molecular weight is 189 g/mol. The lowest BCUT2D eigenvalue weighted by Gasteiger charge is -2.09. The van der Waals surface area contributed by atoms with Crippen LogP contribution in [0.15, 0.2) is 24.8 Å². The molecule has 0 aliphatic rings. The minimum absolute atomic E-state index is 0.536. The van der Waals surface area contributed by atoms with Gasteiger partial charge in [-0.1, -0.05) is 44.7 Å². The van der Waals surface area contributed by atoms with Gasteiger partial charge in [0.05, 0.1) is 0 Å². The number of hydrogen-bond donors (Lipinski definition) is 1. The van der Waals surface area contributed by atoms with Gasteiger partial charge in [-0.15, -0.1) is 0 Å². The summed E-state index contributed by atoms with van der Waals surface area (Å²) in [6.45, 7) is 11.2. The Kier molecular flexibility index (Phi) is 3.90. The van der Waals surface area contributed by atoms with Gasteiger partial charge in [-0.3, -0.25) is 0 Å². The maximum absolute atomic E-state index is 3.78. The Morgan fingerprint density at radius 3 is 2.64 bits per heavy atom. The molecule has 0 spiro atoms. The molecule has 1 aromatic carbocycles. The van der Waals surface area contributed by atoms with Crippen LogP contribution in [-0.2, 0) is 6.54 Å². The summed E-state index contributed by atoms with van der Waals surface area (Å²) in [5.41, 5.74) is 3.85. The van der Waals surface area contributed by atoms with Crippen LogP contribution in [0, 0.1) is 6.92 Å². The lowest BCUT2D eigenvalue weighted by molar-refractivity contribution is 0.588. The molecule has 0 unspecified atom stereocenters. The molecule has 0 bridgehead atoms. The van der Waals surface area contributed by atoms with E-state index in [-0.39, 0.29) is 0 Å². The molecule has 0 aromatic heterocycles. The van der Waals surface area contributed by atoms with Gasteiger partial charge in [-0.2, -0.15) is 0 Å². The zero-order valence-corrected chi connectivity index (χ0v) is 9.30. The first-order valence-corrected chi connectivity index (χ1v) is 5.09. The Hall–Kier alpha value is -1.08. The van der Waals surface area contributed by atoms with E-state index >= 15 is 0 Å². The molecule has 0 saturated heterocycles. The summed E-state index contributed by atoms with van der Waals surface area (Å²) in [5.74, 6) is 0. The third kappa shape index (κ3) is 3.00. The van der Waals surface area contributed by atoms with E-state index in [2.05, 4.69) is 50.9 Å². The van der Waals surface area contributed by atoms with Crippen molar-refractivity contribution in [2.45, 2.75) is 33.4 Å². The highest BCUT2D eigenvalue weighted by molar-refractivity contribution is 5.52. The highest BCUT2D eigenvalue weighted by atomic mass is 14.9. The van der Waals surface area contributed by atoms with Gasteiger partial charge in [0.1, 0.15) is 0 Å².